The van der Waals surface area contributed by atoms with Gasteiger partial charge in [-0.05, 0) is 36.6 Å². The van der Waals surface area contributed by atoms with Crippen molar-refractivity contribution >= 4 is 34.1 Å². The lowest BCUT2D eigenvalue weighted by atomic mass is 9.94. The second-order valence-electron chi connectivity index (χ2n) is 6.35. The number of aliphatic hydroxyl groups excluding tert-OH is 1. The highest BCUT2D eigenvalue weighted by molar-refractivity contribution is 6.31. The standard InChI is InChI=1S/C21H19ClN2O/c1-14(25)19-20(15-7-3-2-4-8-15)17-13-16(22)9-10-18(17)23-21(19)24-11-5-6-12-24/h2-4,7-10,13,25H,1,5-6,11-12H2. The van der Waals surface area contributed by atoms with Crippen LogP contribution in [0.4, 0.5) is 5.82 Å². The van der Waals surface area contributed by atoms with E-state index in [0.29, 0.717) is 10.6 Å². The van der Waals surface area contributed by atoms with Crippen molar-refractivity contribution in [1.29, 1.82) is 0 Å². The summed E-state index contributed by atoms with van der Waals surface area (Å²) in [5, 5.41) is 12.0. The van der Waals surface area contributed by atoms with Gasteiger partial charge in [-0.3, -0.25) is 0 Å². The highest BCUT2D eigenvalue weighted by Crippen LogP contribution is 2.40. The Morgan fingerprint density at radius 2 is 1.80 bits per heavy atom. The molecular weight excluding hydrogens is 332 g/mol. The minimum Gasteiger partial charge on any atom is -0.508 e. The molecule has 0 bridgehead atoms. The SMILES string of the molecule is C=C(O)c1c(N2CCCC2)nc2ccc(Cl)cc2c1-c1ccccc1. The third-order valence-corrected chi connectivity index (χ3v) is 4.92. The molecule has 0 amide bonds. The average molecular weight is 351 g/mol. The van der Waals surface area contributed by atoms with Crippen LogP contribution < -0.4 is 4.90 Å². The summed E-state index contributed by atoms with van der Waals surface area (Å²) in [7, 11) is 0. The van der Waals surface area contributed by atoms with Crippen molar-refractivity contribution in [2.75, 3.05) is 18.0 Å². The summed E-state index contributed by atoms with van der Waals surface area (Å²) < 4.78 is 0. The predicted octanol–water partition coefficient (Wildman–Crippen LogP) is 5.68. The van der Waals surface area contributed by atoms with Gasteiger partial charge in [0.1, 0.15) is 11.6 Å². The molecule has 0 spiro atoms. The van der Waals surface area contributed by atoms with Crippen LogP contribution >= 0.6 is 11.6 Å². The minimum absolute atomic E-state index is 0.0372. The fourth-order valence-electron chi connectivity index (χ4n) is 3.56. The van der Waals surface area contributed by atoms with Gasteiger partial charge in [0.15, 0.2) is 0 Å². The van der Waals surface area contributed by atoms with Crippen LogP contribution in [-0.2, 0) is 0 Å². The number of anilines is 1. The summed E-state index contributed by atoms with van der Waals surface area (Å²) in [4.78, 5) is 7.09. The first-order valence-corrected chi connectivity index (χ1v) is 8.85. The lowest BCUT2D eigenvalue weighted by molar-refractivity contribution is 0.514. The Balaban J connectivity index is 2.11. The fourth-order valence-corrected chi connectivity index (χ4v) is 3.73. The molecule has 1 aliphatic heterocycles. The van der Waals surface area contributed by atoms with E-state index in [1.807, 2.05) is 48.5 Å². The van der Waals surface area contributed by atoms with E-state index >= 15 is 0 Å². The molecule has 2 aromatic carbocycles. The van der Waals surface area contributed by atoms with E-state index in [1.165, 1.54) is 0 Å². The van der Waals surface area contributed by atoms with Crippen molar-refractivity contribution in [1.82, 2.24) is 4.98 Å². The van der Waals surface area contributed by atoms with Gasteiger partial charge in [-0.25, -0.2) is 4.98 Å². The van der Waals surface area contributed by atoms with Crippen molar-refractivity contribution in [2.45, 2.75) is 12.8 Å². The Morgan fingerprint density at radius 1 is 1.08 bits per heavy atom. The lowest BCUT2D eigenvalue weighted by Crippen LogP contribution is -2.21. The zero-order valence-corrected chi connectivity index (χ0v) is 14.6. The number of rotatable bonds is 3. The summed E-state index contributed by atoms with van der Waals surface area (Å²) in [6.45, 7) is 5.72. The highest BCUT2D eigenvalue weighted by atomic mass is 35.5. The van der Waals surface area contributed by atoms with Gasteiger partial charge in [0.05, 0.1) is 11.1 Å². The number of benzene rings is 2. The van der Waals surface area contributed by atoms with E-state index in [2.05, 4.69) is 11.5 Å². The number of pyridine rings is 1. The maximum absolute atomic E-state index is 10.4. The van der Waals surface area contributed by atoms with Crippen LogP contribution in [0.15, 0.2) is 55.1 Å². The Hall–Kier alpha value is -2.52. The molecule has 0 saturated carbocycles. The Kier molecular flexibility index (Phi) is 4.10. The van der Waals surface area contributed by atoms with E-state index in [9.17, 15) is 5.11 Å². The molecule has 3 aromatic rings. The summed E-state index contributed by atoms with van der Waals surface area (Å²) in [5.41, 5.74) is 3.52. The van der Waals surface area contributed by atoms with Crippen LogP contribution in [0.3, 0.4) is 0 Å². The van der Waals surface area contributed by atoms with Crippen molar-refractivity contribution in [2.24, 2.45) is 0 Å². The van der Waals surface area contributed by atoms with Crippen LogP contribution in [0.25, 0.3) is 27.8 Å². The molecule has 4 heteroatoms. The van der Waals surface area contributed by atoms with Crippen molar-refractivity contribution in [3.8, 4) is 11.1 Å². The molecule has 1 aromatic heterocycles. The van der Waals surface area contributed by atoms with E-state index < -0.39 is 0 Å². The molecule has 0 atom stereocenters. The van der Waals surface area contributed by atoms with E-state index in [-0.39, 0.29) is 5.76 Å². The number of fused-ring (bicyclic) bond motifs is 1. The van der Waals surface area contributed by atoms with Gasteiger partial charge in [-0.15, -0.1) is 0 Å². The Morgan fingerprint density at radius 3 is 2.48 bits per heavy atom. The van der Waals surface area contributed by atoms with Crippen LogP contribution in [0, 0.1) is 0 Å². The van der Waals surface area contributed by atoms with Gasteiger partial charge in [0.25, 0.3) is 0 Å². The molecule has 0 aliphatic carbocycles. The van der Waals surface area contributed by atoms with E-state index in [0.717, 1.165) is 53.8 Å². The minimum atomic E-state index is 0.0372. The van der Waals surface area contributed by atoms with Crippen LogP contribution in [0.2, 0.25) is 5.02 Å². The first-order valence-electron chi connectivity index (χ1n) is 8.47. The third kappa shape index (κ3) is 2.85. The maximum atomic E-state index is 10.4. The molecule has 0 unspecified atom stereocenters. The van der Waals surface area contributed by atoms with Gasteiger partial charge in [0.2, 0.25) is 0 Å². The van der Waals surface area contributed by atoms with Crippen LogP contribution in [0.1, 0.15) is 18.4 Å². The zero-order chi connectivity index (χ0) is 17.4. The van der Waals surface area contributed by atoms with Gasteiger partial charge in [0, 0.05) is 29.1 Å². The second kappa shape index (κ2) is 6.41. The lowest BCUT2D eigenvalue weighted by Gasteiger charge is -2.23. The smallest absolute Gasteiger partial charge is 0.140 e. The van der Waals surface area contributed by atoms with E-state index in [4.69, 9.17) is 16.6 Å². The first kappa shape index (κ1) is 16.0. The molecule has 0 radical (unpaired) electrons. The van der Waals surface area contributed by atoms with Crippen molar-refractivity contribution < 1.29 is 5.11 Å². The van der Waals surface area contributed by atoms with Crippen LogP contribution in [-0.4, -0.2) is 23.2 Å². The number of hydrogen-bond acceptors (Lipinski definition) is 3. The fraction of sp³-hybridized carbons (Fsp3) is 0.190. The number of halogens is 1. The summed E-state index contributed by atoms with van der Waals surface area (Å²) in [6, 6.07) is 15.7. The van der Waals surface area contributed by atoms with Crippen LogP contribution in [0.5, 0.6) is 0 Å². The molecule has 4 rings (SSSR count). The normalized spacial score (nSPS) is 14.2. The number of aromatic nitrogens is 1. The summed E-state index contributed by atoms with van der Waals surface area (Å²) in [5.74, 6) is 0.841. The summed E-state index contributed by atoms with van der Waals surface area (Å²) in [6.07, 6.45) is 2.27. The first-order chi connectivity index (χ1) is 12.1. The van der Waals surface area contributed by atoms with Crippen molar-refractivity contribution in [3.05, 3.63) is 65.7 Å². The van der Waals surface area contributed by atoms with Crippen molar-refractivity contribution in [3.63, 3.8) is 0 Å². The average Bonchev–Trinajstić information content (AvgIpc) is 3.15. The molecule has 1 saturated heterocycles. The molecule has 25 heavy (non-hydrogen) atoms. The number of hydrogen-bond donors (Lipinski definition) is 1. The molecule has 3 nitrogen and oxygen atoms in total. The predicted molar refractivity (Wildman–Crippen MR) is 105 cm³/mol. The topological polar surface area (TPSA) is 36.4 Å². The molecule has 1 N–H and O–H groups in total. The monoisotopic (exact) mass is 350 g/mol. The molecular formula is C21H19ClN2O. The Labute approximate surface area is 152 Å². The zero-order valence-electron chi connectivity index (χ0n) is 13.9. The highest BCUT2D eigenvalue weighted by Gasteiger charge is 2.24. The molecule has 1 aliphatic rings. The molecule has 1 fully saturated rings. The van der Waals surface area contributed by atoms with Gasteiger partial charge in [-0.2, -0.15) is 0 Å². The van der Waals surface area contributed by atoms with Gasteiger partial charge >= 0.3 is 0 Å². The molecule has 126 valence electrons. The largest absolute Gasteiger partial charge is 0.508 e. The number of nitrogens with zero attached hydrogens (tertiary/aromatic N) is 2. The van der Waals surface area contributed by atoms with E-state index in [1.54, 1.807) is 0 Å². The third-order valence-electron chi connectivity index (χ3n) is 4.68. The van der Waals surface area contributed by atoms with Gasteiger partial charge < -0.3 is 10.0 Å². The second-order valence-corrected chi connectivity index (χ2v) is 6.79. The quantitative estimate of drug-likeness (QED) is 0.617. The maximum Gasteiger partial charge on any atom is 0.140 e. The van der Waals surface area contributed by atoms with Gasteiger partial charge in [-0.1, -0.05) is 48.5 Å². The Bertz CT molecular complexity index is 947. The summed E-state index contributed by atoms with van der Waals surface area (Å²) >= 11 is 6.25. The number of aliphatic hydroxyl groups is 1. The molecule has 2 heterocycles.